The third-order valence-corrected chi connectivity index (χ3v) is 4.72. The summed E-state index contributed by atoms with van der Waals surface area (Å²) in [5.41, 5.74) is 2.89. The highest BCUT2D eigenvalue weighted by atomic mass is 16.5. The Morgan fingerprint density at radius 2 is 1.83 bits per heavy atom. The van der Waals surface area contributed by atoms with Gasteiger partial charge < -0.3 is 29.4 Å². The molecule has 0 saturated carbocycles. The Kier molecular flexibility index (Phi) is 6.97. The first-order valence-electron chi connectivity index (χ1n) is 9.48. The fraction of sp³-hybridized carbons (Fsp3) is 0.318. The molecule has 3 aromatic rings. The zero-order valence-corrected chi connectivity index (χ0v) is 17.0. The number of aromatic nitrogens is 1. The molecule has 7 nitrogen and oxygen atoms in total. The van der Waals surface area contributed by atoms with Gasteiger partial charge in [-0.2, -0.15) is 0 Å². The molecular formula is C22H27N3O4. The van der Waals surface area contributed by atoms with Crippen LogP contribution in [0.3, 0.4) is 0 Å². The van der Waals surface area contributed by atoms with Gasteiger partial charge in [0.05, 0.1) is 32.0 Å². The van der Waals surface area contributed by atoms with Gasteiger partial charge in [-0.3, -0.25) is 0 Å². The lowest BCUT2D eigenvalue weighted by atomic mass is 10.1. The Hall–Kier alpha value is -3.19. The third kappa shape index (κ3) is 5.00. The Balaban J connectivity index is 1.60. The van der Waals surface area contributed by atoms with Crippen molar-refractivity contribution in [1.29, 1.82) is 0 Å². The molecule has 1 aromatic heterocycles. The molecule has 154 valence electrons. The van der Waals surface area contributed by atoms with Crippen LogP contribution in [0.2, 0.25) is 0 Å². The minimum atomic E-state index is -0.236. The molecule has 2 N–H and O–H groups in total. The van der Waals surface area contributed by atoms with Crippen LogP contribution in [0.25, 0.3) is 10.9 Å². The molecule has 0 radical (unpaired) electrons. The minimum absolute atomic E-state index is 0.236. The van der Waals surface area contributed by atoms with Gasteiger partial charge >= 0.3 is 6.03 Å². The molecule has 0 bridgehead atoms. The van der Waals surface area contributed by atoms with Crippen molar-refractivity contribution in [1.82, 2.24) is 9.88 Å². The summed E-state index contributed by atoms with van der Waals surface area (Å²) in [4.78, 5) is 12.4. The number of methoxy groups -OCH3 is 3. The van der Waals surface area contributed by atoms with Gasteiger partial charge in [-0.05, 0) is 30.2 Å². The average Bonchev–Trinajstić information content (AvgIpc) is 3.09. The highest BCUT2D eigenvalue weighted by molar-refractivity contribution is 6.01. The summed E-state index contributed by atoms with van der Waals surface area (Å²) in [6.07, 6.45) is 2.63. The van der Waals surface area contributed by atoms with Gasteiger partial charge in [0.1, 0.15) is 0 Å². The number of fused-ring (bicyclic) bond motifs is 1. The average molecular weight is 397 g/mol. The monoisotopic (exact) mass is 397 g/mol. The van der Waals surface area contributed by atoms with Crippen LogP contribution < -0.4 is 20.1 Å². The first kappa shape index (κ1) is 20.5. The summed E-state index contributed by atoms with van der Waals surface area (Å²) in [6.45, 7) is 1.83. The molecule has 0 aliphatic heterocycles. The highest BCUT2D eigenvalue weighted by Crippen LogP contribution is 2.28. The van der Waals surface area contributed by atoms with Crippen LogP contribution in [0, 0.1) is 0 Å². The van der Waals surface area contributed by atoms with Crippen LogP contribution in [0.1, 0.15) is 5.56 Å². The zero-order valence-electron chi connectivity index (χ0n) is 17.0. The van der Waals surface area contributed by atoms with E-state index in [9.17, 15) is 4.79 Å². The number of hydrogen-bond acceptors (Lipinski definition) is 4. The molecule has 1 heterocycles. The Morgan fingerprint density at radius 3 is 2.59 bits per heavy atom. The van der Waals surface area contributed by atoms with Crippen molar-refractivity contribution >= 4 is 22.6 Å². The minimum Gasteiger partial charge on any atom is -0.493 e. The fourth-order valence-electron chi connectivity index (χ4n) is 3.24. The van der Waals surface area contributed by atoms with Crippen LogP contribution in [0.5, 0.6) is 11.5 Å². The SMILES string of the molecule is COCCn1cc(NC(=O)NCCc2ccc(OC)c(OC)c2)c2ccccc21. The molecule has 0 saturated heterocycles. The molecule has 2 amide bonds. The number of nitrogens with one attached hydrogen (secondary N) is 2. The van der Waals surface area contributed by atoms with Crippen molar-refractivity contribution < 1.29 is 19.0 Å². The van der Waals surface area contributed by atoms with E-state index in [1.54, 1.807) is 21.3 Å². The van der Waals surface area contributed by atoms with Gasteiger partial charge in [0.15, 0.2) is 11.5 Å². The van der Waals surface area contributed by atoms with Crippen molar-refractivity contribution in [2.75, 3.05) is 39.8 Å². The van der Waals surface area contributed by atoms with E-state index in [1.165, 1.54) is 0 Å². The molecule has 2 aromatic carbocycles. The molecular weight excluding hydrogens is 370 g/mol. The van der Waals surface area contributed by atoms with Gasteiger partial charge in [-0.1, -0.05) is 24.3 Å². The van der Waals surface area contributed by atoms with E-state index in [2.05, 4.69) is 15.2 Å². The number of carbonyl (C=O) groups excluding carboxylic acids is 1. The third-order valence-electron chi connectivity index (χ3n) is 4.72. The number of amides is 2. The summed E-state index contributed by atoms with van der Waals surface area (Å²) in [6, 6.07) is 13.5. The summed E-state index contributed by atoms with van der Waals surface area (Å²) in [5, 5.41) is 6.86. The van der Waals surface area contributed by atoms with Crippen molar-refractivity contribution in [3.05, 3.63) is 54.2 Å². The number of nitrogens with zero attached hydrogens (tertiary/aromatic N) is 1. The van der Waals surface area contributed by atoms with E-state index in [0.29, 0.717) is 31.1 Å². The van der Waals surface area contributed by atoms with E-state index in [4.69, 9.17) is 14.2 Å². The van der Waals surface area contributed by atoms with Crippen LogP contribution in [-0.4, -0.2) is 45.1 Å². The number of hydrogen-bond donors (Lipinski definition) is 2. The first-order chi connectivity index (χ1) is 14.2. The predicted octanol–water partition coefficient (Wildman–Crippen LogP) is 3.67. The lowest BCUT2D eigenvalue weighted by Gasteiger charge is -2.10. The molecule has 7 heteroatoms. The number of carbonyl (C=O) groups is 1. The summed E-state index contributed by atoms with van der Waals surface area (Å²) in [7, 11) is 4.89. The number of anilines is 1. The molecule has 0 unspecified atom stereocenters. The second kappa shape index (κ2) is 9.84. The van der Waals surface area contributed by atoms with Crippen LogP contribution >= 0.6 is 0 Å². The van der Waals surface area contributed by atoms with E-state index >= 15 is 0 Å². The molecule has 0 aliphatic rings. The molecule has 0 fully saturated rings. The number of rotatable bonds is 9. The van der Waals surface area contributed by atoms with Gasteiger partial charge in [0, 0.05) is 31.8 Å². The lowest BCUT2D eigenvalue weighted by Crippen LogP contribution is -2.30. The van der Waals surface area contributed by atoms with Crippen molar-refractivity contribution in [2.45, 2.75) is 13.0 Å². The Morgan fingerprint density at radius 1 is 1.03 bits per heavy atom. The quantitative estimate of drug-likeness (QED) is 0.578. The fourth-order valence-corrected chi connectivity index (χ4v) is 3.24. The van der Waals surface area contributed by atoms with Gasteiger partial charge in [0.25, 0.3) is 0 Å². The second-order valence-electron chi connectivity index (χ2n) is 6.57. The van der Waals surface area contributed by atoms with Crippen molar-refractivity contribution in [2.24, 2.45) is 0 Å². The molecule has 0 aliphatic carbocycles. The first-order valence-corrected chi connectivity index (χ1v) is 9.48. The molecule has 0 atom stereocenters. The Bertz CT molecular complexity index is 968. The van der Waals surface area contributed by atoms with E-state index in [0.717, 1.165) is 28.7 Å². The van der Waals surface area contributed by atoms with Crippen LogP contribution in [0.4, 0.5) is 10.5 Å². The number of urea groups is 1. The number of para-hydroxylation sites is 1. The van der Waals surface area contributed by atoms with Gasteiger partial charge in [0.2, 0.25) is 0 Å². The number of benzene rings is 2. The van der Waals surface area contributed by atoms with Gasteiger partial charge in [-0.25, -0.2) is 4.79 Å². The summed E-state index contributed by atoms with van der Waals surface area (Å²) < 4.78 is 17.8. The standard InChI is InChI=1S/C22H27N3O4/c1-27-13-12-25-15-18(17-6-4-5-7-19(17)25)24-22(26)23-11-10-16-8-9-20(28-2)21(14-16)29-3/h4-9,14-15H,10-13H2,1-3H3,(H2,23,24,26). The second-order valence-corrected chi connectivity index (χ2v) is 6.57. The maximum Gasteiger partial charge on any atom is 0.319 e. The van der Waals surface area contributed by atoms with Crippen LogP contribution in [-0.2, 0) is 17.7 Å². The van der Waals surface area contributed by atoms with Gasteiger partial charge in [-0.15, -0.1) is 0 Å². The predicted molar refractivity (Wildman–Crippen MR) is 114 cm³/mol. The lowest BCUT2D eigenvalue weighted by molar-refractivity contribution is 0.188. The maximum absolute atomic E-state index is 12.4. The van der Waals surface area contributed by atoms with E-state index in [1.807, 2.05) is 48.7 Å². The molecule has 29 heavy (non-hydrogen) atoms. The Labute approximate surface area is 170 Å². The maximum atomic E-state index is 12.4. The van der Waals surface area contributed by atoms with Crippen molar-refractivity contribution in [3.63, 3.8) is 0 Å². The summed E-state index contributed by atoms with van der Waals surface area (Å²) >= 11 is 0. The van der Waals surface area contributed by atoms with E-state index in [-0.39, 0.29) is 6.03 Å². The largest absolute Gasteiger partial charge is 0.493 e. The molecule has 0 spiro atoms. The van der Waals surface area contributed by atoms with Crippen molar-refractivity contribution in [3.8, 4) is 11.5 Å². The highest BCUT2D eigenvalue weighted by Gasteiger charge is 2.11. The zero-order chi connectivity index (χ0) is 20.6. The van der Waals surface area contributed by atoms with Crippen LogP contribution in [0.15, 0.2) is 48.7 Å². The molecule has 3 rings (SSSR count). The summed E-state index contributed by atoms with van der Waals surface area (Å²) in [5.74, 6) is 1.37. The number of ether oxygens (including phenoxy) is 3. The van der Waals surface area contributed by atoms with E-state index < -0.39 is 0 Å². The topological polar surface area (TPSA) is 73.8 Å². The normalized spacial score (nSPS) is 10.7. The smallest absolute Gasteiger partial charge is 0.319 e.